The lowest BCUT2D eigenvalue weighted by Crippen LogP contribution is -2.46. The first-order valence-corrected chi connectivity index (χ1v) is 10.7. The molecule has 0 spiro atoms. The lowest BCUT2D eigenvalue weighted by Gasteiger charge is -2.20. The summed E-state index contributed by atoms with van der Waals surface area (Å²) >= 11 is 0.713. The smallest absolute Gasteiger partial charge is 0.370 e. The minimum absolute atomic E-state index is 0.0422. The SMILES string of the molecule is CC(C)OC(=O)[C@H](CSC(=O)OCOC(=O)C1CCCCC1)NC(=O)C(C)C. The summed E-state index contributed by atoms with van der Waals surface area (Å²) in [6.07, 6.45) is 4.40. The van der Waals surface area contributed by atoms with Gasteiger partial charge in [-0.1, -0.05) is 33.1 Å². The van der Waals surface area contributed by atoms with E-state index in [9.17, 15) is 19.2 Å². The van der Waals surface area contributed by atoms with Crippen LogP contribution in [0.1, 0.15) is 59.8 Å². The van der Waals surface area contributed by atoms with Crippen molar-refractivity contribution in [2.45, 2.75) is 71.9 Å². The summed E-state index contributed by atoms with van der Waals surface area (Å²) in [7, 11) is 0. The zero-order valence-corrected chi connectivity index (χ0v) is 17.8. The summed E-state index contributed by atoms with van der Waals surface area (Å²) in [5.74, 6) is -1.76. The van der Waals surface area contributed by atoms with Gasteiger partial charge in [0.25, 0.3) is 0 Å². The molecule has 8 nitrogen and oxygen atoms in total. The molecular formula is C19H31NO7S. The molecule has 0 aromatic rings. The first-order chi connectivity index (χ1) is 13.2. The van der Waals surface area contributed by atoms with E-state index in [1.54, 1.807) is 27.7 Å². The van der Waals surface area contributed by atoms with Crippen LogP contribution >= 0.6 is 11.8 Å². The lowest BCUT2D eigenvalue weighted by atomic mass is 9.89. The van der Waals surface area contributed by atoms with Gasteiger partial charge in [0.15, 0.2) is 0 Å². The normalized spacial score (nSPS) is 15.8. The van der Waals surface area contributed by atoms with E-state index in [2.05, 4.69) is 5.32 Å². The van der Waals surface area contributed by atoms with Gasteiger partial charge in [-0.15, -0.1) is 0 Å². The van der Waals surface area contributed by atoms with E-state index in [4.69, 9.17) is 14.2 Å². The second kappa shape index (κ2) is 12.6. The van der Waals surface area contributed by atoms with Crippen LogP contribution in [-0.2, 0) is 28.6 Å². The molecule has 160 valence electrons. The fourth-order valence-electron chi connectivity index (χ4n) is 2.61. The highest BCUT2D eigenvalue weighted by molar-refractivity contribution is 8.13. The van der Waals surface area contributed by atoms with E-state index in [-0.39, 0.29) is 35.6 Å². The molecule has 1 rings (SSSR count). The van der Waals surface area contributed by atoms with Gasteiger partial charge in [-0.25, -0.2) is 9.59 Å². The number of nitrogens with one attached hydrogen (secondary N) is 1. The van der Waals surface area contributed by atoms with Crippen LogP contribution in [0.2, 0.25) is 0 Å². The standard InChI is InChI=1S/C19H31NO7S/c1-12(2)16(21)20-15(18(23)27-13(3)4)10-28-19(24)26-11-25-17(22)14-8-6-5-7-9-14/h12-15H,5-11H2,1-4H3,(H,20,21)/t15-/m0/s1. The predicted octanol–water partition coefficient (Wildman–Crippen LogP) is 3.03. The van der Waals surface area contributed by atoms with Crippen LogP contribution in [0.5, 0.6) is 0 Å². The van der Waals surface area contributed by atoms with Gasteiger partial charge in [-0.05, 0) is 38.5 Å². The Morgan fingerprint density at radius 3 is 2.21 bits per heavy atom. The van der Waals surface area contributed by atoms with Gasteiger partial charge < -0.3 is 19.5 Å². The molecule has 1 atom stereocenters. The van der Waals surface area contributed by atoms with E-state index >= 15 is 0 Å². The molecule has 28 heavy (non-hydrogen) atoms. The van der Waals surface area contributed by atoms with Gasteiger partial charge >= 0.3 is 17.2 Å². The quantitative estimate of drug-likeness (QED) is 0.450. The number of ether oxygens (including phenoxy) is 3. The highest BCUT2D eigenvalue weighted by Gasteiger charge is 2.26. The topological polar surface area (TPSA) is 108 Å². The second-order valence-corrected chi connectivity index (χ2v) is 8.28. The first-order valence-electron chi connectivity index (χ1n) is 9.67. The van der Waals surface area contributed by atoms with Crippen LogP contribution in [0.4, 0.5) is 4.79 Å². The Morgan fingerprint density at radius 1 is 1.00 bits per heavy atom. The van der Waals surface area contributed by atoms with Gasteiger partial charge in [-0.2, -0.15) is 0 Å². The van der Waals surface area contributed by atoms with Crippen molar-refractivity contribution >= 4 is 34.9 Å². The molecule has 0 radical (unpaired) electrons. The summed E-state index contributed by atoms with van der Waals surface area (Å²) in [6, 6.07) is -0.973. The van der Waals surface area contributed by atoms with Crippen LogP contribution < -0.4 is 5.32 Å². The van der Waals surface area contributed by atoms with E-state index in [0.717, 1.165) is 32.1 Å². The number of hydrogen-bond donors (Lipinski definition) is 1. The van der Waals surface area contributed by atoms with Crippen molar-refractivity contribution in [3.8, 4) is 0 Å². The van der Waals surface area contributed by atoms with E-state index in [0.29, 0.717) is 11.8 Å². The molecule has 0 heterocycles. The largest absolute Gasteiger partial charge is 0.461 e. The van der Waals surface area contributed by atoms with Crippen molar-refractivity contribution in [1.82, 2.24) is 5.32 Å². The predicted molar refractivity (Wildman–Crippen MR) is 104 cm³/mol. The molecule has 0 bridgehead atoms. The molecule has 0 aromatic heterocycles. The number of esters is 2. The van der Waals surface area contributed by atoms with Crippen molar-refractivity contribution in [3.05, 3.63) is 0 Å². The maximum Gasteiger partial charge on any atom is 0.370 e. The van der Waals surface area contributed by atoms with Gasteiger partial charge in [-0.3, -0.25) is 9.59 Å². The minimum Gasteiger partial charge on any atom is -0.461 e. The summed E-state index contributed by atoms with van der Waals surface area (Å²) in [5, 5.41) is 1.87. The highest BCUT2D eigenvalue weighted by atomic mass is 32.2. The van der Waals surface area contributed by atoms with E-state index in [1.807, 2.05) is 0 Å². The third kappa shape index (κ3) is 9.43. The fourth-order valence-corrected chi connectivity index (χ4v) is 3.26. The van der Waals surface area contributed by atoms with E-state index < -0.39 is 24.1 Å². The summed E-state index contributed by atoms with van der Waals surface area (Å²) < 4.78 is 15.0. The van der Waals surface area contributed by atoms with Crippen LogP contribution in [0.15, 0.2) is 0 Å². The third-order valence-corrected chi connectivity index (χ3v) is 5.02. The number of hydrogen-bond acceptors (Lipinski definition) is 8. The van der Waals surface area contributed by atoms with Gasteiger partial charge in [0.05, 0.1) is 12.0 Å². The van der Waals surface area contributed by atoms with Crippen LogP contribution in [0.25, 0.3) is 0 Å². The summed E-state index contributed by atoms with van der Waals surface area (Å²) in [6.45, 7) is 6.33. The number of rotatable bonds is 9. The first kappa shape index (κ1) is 24.3. The summed E-state index contributed by atoms with van der Waals surface area (Å²) in [5.41, 5.74) is 0. The Kier molecular flexibility index (Phi) is 11.0. The van der Waals surface area contributed by atoms with Crippen molar-refractivity contribution in [3.63, 3.8) is 0 Å². The van der Waals surface area contributed by atoms with Crippen molar-refractivity contribution < 1.29 is 33.4 Å². The van der Waals surface area contributed by atoms with Crippen molar-refractivity contribution in [2.24, 2.45) is 11.8 Å². The number of amides is 1. The Balaban J connectivity index is 2.40. The average molecular weight is 418 g/mol. The second-order valence-electron chi connectivity index (χ2n) is 7.32. The maximum absolute atomic E-state index is 12.1. The highest BCUT2D eigenvalue weighted by Crippen LogP contribution is 2.24. The molecule has 9 heteroatoms. The molecular weight excluding hydrogens is 386 g/mol. The van der Waals surface area contributed by atoms with Crippen LogP contribution in [0.3, 0.4) is 0 Å². The average Bonchev–Trinajstić information content (AvgIpc) is 2.64. The third-order valence-electron chi connectivity index (χ3n) is 4.16. The monoisotopic (exact) mass is 417 g/mol. The van der Waals surface area contributed by atoms with Gasteiger partial charge in [0.1, 0.15) is 6.04 Å². The Labute approximate surface area is 170 Å². The number of carbonyl (C=O) groups is 4. The fraction of sp³-hybridized carbons (Fsp3) is 0.789. The van der Waals surface area contributed by atoms with Crippen molar-refractivity contribution in [2.75, 3.05) is 12.5 Å². The Bertz CT molecular complexity index is 544. The molecule has 1 saturated carbocycles. The number of carbonyl (C=O) groups excluding carboxylic acids is 4. The number of thioether (sulfide) groups is 1. The zero-order valence-electron chi connectivity index (χ0n) is 17.0. The molecule has 1 amide bonds. The molecule has 0 saturated heterocycles. The molecule has 0 unspecified atom stereocenters. The summed E-state index contributed by atoms with van der Waals surface area (Å²) in [4.78, 5) is 47.8. The molecule has 0 aromatic carbocycles. The molecule has 1 aliphatic carbocycles. The van der Waals surface area contributed by atoms with Crippen LogP contribution in [-0.4, -0.2) is 47.8 Å². The molecule has 1 N–H and O–H groups in total. The van der Waals surface area contributed by atoms with Gasteiger partial charge in [0.2, 0.25) is 12.7 Å². The molecule has 0 aliphatic heterocycles. The Hall–Kier alpha value is -1.77. The minimum atomic E-state index is -0.973. The zero-order chi connectivity index (χ0) is 21.1. The van der Waals surface area contributed by atoms with Crippen LogP contribution in [0, 0.1) is 11.8 Å². The Morgan fingerprint density at radius 2 is 1.64 bits per heavy atom. The lowest BCUT2D eigenvalue weighted by molar-refractivity contribution is -0.157. The van der Waals surface area contributed by atoms with Gasteiger partial charge in [0, 0.05) is 11.7 Å². The molecule has 1 fully saturated rings. The molecule has 1 aliphatic rings. The van der Waals surface area contributed by atoms with Crippen molar-refractivity contribution in [1.29, 1.82) is 0 Å². The van der Waals surface area contributed by atoms with E-state index in [1.165, 1.54) is 0 Å². The maximum atomic E-state index is 12.1.